The highest BCUT2D eigenvalue weighted by Crippen LogP contribution is 2.35. The number of nitrogens with zero attached hydrogens (tertiary/aromatic N) is 4. The summed E-state index contributed by atoms with van der Waals surface area (Å²) >= 11 is 1.72. The molecule has 28 heavy (non-hydrogen) atoms. The lowest BCUT2D eigenvalue weighted by Crippen LogP contribution is -2.10. The molecule has 1 N–H and O–H groups in total. The highest BCUT2D eigenvalue weighted by molar-refractivity contribution is 7.14. The zero-order valence-corrected chi connectivity index (χ0v) is 17.2. The first kappa shape index (κ1) is 17.5. The third-order valence-corrected chi connectivity index (χ3v) is 6.60. The first-order chi connectivity index (χ1) is 13.7. The van der Waals surface area contributed by atoms with Gasteiger partial charge in [-0.15, -0.1) is 11.3 Å². The van der Waals surface area contributed by atoms with E-state index in [2.05, 4.69) is 57.9 Å². The van der Waals surface area contributed by atoms with Crippen molar-refractivity contribution in [1.82, 2.24) is 19.2 Å². The molecular formula is C22H25N5S. The molecule has 0 spiro atoms. The minimum atomic E-state index is 0.544. The number of thiophene rings is 1. The van der Waals surface area contributed by atoms with Crippen molar-refractivity contribution >= 4 is 27.8 Å². The molecule has 0 bridgehead atoms. The van der Waals surface area contributed by atoms with Crippen molar-refractivity contribution in [1.29, 1.82) is 0 Å². The Morgan fingerprint density at radius 3 is 2.75 bits per heavy atom. The summed E-state index contributed by atoms with van der Waals surface area (Å²) in [5.41, 5.74) is 5.65. The van der Waals surface area contributed by atoms with Crippen LogP contribution in [0.15, 0.2) is 42.2 Å². The van der Waals surface area contributed by atoms with Gasteiger partial charge in [-0.2, -0.15) is 9.61 Å². The molecule has 0 unspecified atom stereocenters. The van der Waals surface area contributed by atoms with Crippen molar-refractivity contribution in [3.8, 4) is 11.1 Å². The van der Waals surface area contributed by atoms with E-state index in [1.807, 2.05) is 17.8 Å². The van der Waals surface area contributed by atoms with E-state index in [1.165, 1.54) is 43.4 Å². The summed E-state index contributed by atoms with van der Waals surface area (Å²) in [7, 11) is 2.04. The van der Waals surface area contributed by atoms with Gasteiger partial charge in [-0.3, -0.25) is 0 Å². The molecule has 0 amide bonds. The van der Waals surface area contributed by atoms with Crippen LogP contribution < -0.4 is 5.32 Å². The van der Waals surface area contributed by atoms with Crippen LogP contribution in [0.5, 0.6) is 0 Å². The van der Waals surface area contributed by atoms with E-state index < -0.39 is 0 Å². The number of fused-ring (bicyclic) bond motifs is 1. The van der Waals surface area contributed by atoms with E-state index in [0.29, 0.717) is 5.92 Å². The second-order valence-electron chi connectivity index (χ2n) is 7.87. The summed E-state index contributed by atoms with van der Waals surface area (Å²) in [5, 5.41) is 11.6. The summed E-state index contributed by atoms with van der Waals surface area (Å²) in [4.78, 5) is 5.11. The van der Waals surface area contributed by atoms with E-state index in [0.717, 1.165) is 27.6 Å². The highest BCUT2D eigenvalue weighted by Gasteiger charge is 2.21. The van der Waals surface area contributed by atoms with Gasteiger partial charge in [0.1, 0.15) is 5.82 Å². The van der Waals surface area contributed by atoms with Gasteiger partial charge < -0.3 is 9.88 Å². The summed E-state index contributed by atoms with van der Waals surface area (Å²) in [5.74, 6) is 1.54. The van der Waals surface area contributed by atoms with Crippen LogP contribution in [0.3, 0.4) is 0 Å². The average molecular weight is 392 g/mol. The van der Waals surface area contributed by atoms with E-state index in [4.69, 9.17) is 4.98 Å². The number of aryl methyl sites for hydroxylation is 2. The molecular weight excluding hydrogens is 366 g/mol. The number of hydrogen-bond donors (Lipinski definition) is 1. The molecule has 4 aromatic rings. The molecule has 4 aromatic heterocycles. The van der Waals surface area contributed by atoms with Crippen LogP contribution >= 0.6 is 11.3 Å². The number of anilines is 2. The second-order valence-corrected chi connectivity index (χ2v) is 8.79. The zero-order chi connectivity index (χ0) is 19.1. The van der Waals surface area contributed by atoms with Crippen molar-refractivity contribution in [2.75, 3.05) is 5.32 Å². The maximum atomic E-state index is 5.11. The molecule has 5 nitrogen and oxygen atoms in total. The van der Waals surface area contributed by atoms with Crippen molar-refractivity contribution in [2.24, 2.45) is 7.05 Å². The van der Waals surface area contributed by atoms with Gasteiger partial charge in [0, 0.05) is 48.2 Å². The molecule has 1 aliphatic rings. The Morgan fingerprint density at radius 1 is 1.18 bits per heavy atom. The molecule has 0 atom stereocenters. The topological polar surface area (TPSA) is 47.2 Å². The van der Waals surface area contributed by atoms with E-state index in [-0.39, 0.29) is 0 Å². The molecule has 0 saturated heterocycles. The summed E-state index contributed by atoms with van der Waals surface area (Å²) in [6.45, 7) is 2.12. The maximum absolute atomic E-state index is 5.11. The lowest BCUT2D eigenvalue weighted by Gasteiger charge is -2.22. The van der Waals surface area contributed by atoms with E-state index in [1.54, 1.807) is 11.3 Å². The molecule has 1 fully saturated rings. The molecule has 4 heterocycles. The second kappa shape index (κ2) is 7.09. The molecule has 144 valence electrons. The van der Waals surface area contributed by atoms with Crippen LogP contribution in [-0.4, -0.2) is 19.2 Å². The minimum Gasteiger partial charge on any atom is -0.357 e. The standard InChI is InChI=1S/C22H25N5S/c1-15-10-21(28-14-15)25-20-11-19(16-6-4-3-5-7-16)24-22-18(12-23-27(20)22)17-8-9-26(2)13-17/h8-14,16,25H,3-7H2,1-2H3. The van der Waals surface area contributed by atoms with Crippen LogP contribution in [0.25, 0.3) is 16.8 Å². The monoisotopic (exact) mass is 391 g/mol. The number of aromatic nitrogens is 4. The van der Waals surface area contributed by atoms with Crippen LogP contribution in [0.2, 0.25) is 0 Å². The number of rotatable bonds is 4. The predicted molar refractivity (Wildman–Crippen MR) is 116 cm³/mol. The van der Waals surface area contributed by atoms with Gasteiger partial charge in [-0.1, -0.05) is 19.3 Å². The van der Waals surface area contributed by atoms with E-state index in [9.17, 15) is 0 Å². The maximum Gasteiger partial charge on any atom is 0.165 e. The van der Waals surface area contributed by atoms with Crippen LogP contribution in [-0.2, 0) is 7.05 Å². The summed E-state index contributed by atoms with van der Waals surface area (Å²) < 4.78 is 4.02. The van der Waals surface area contributed by atoms with Crippen LogP contribution in [0, 0.1) is 6.92 Å². The SMILES string of the molecule is Cc1csc(Nc2cc(C3CCCCC3)nc3c(-c4ccn(C)c4)cnn23)c1. The van der Waals surface area contributed by atoms with Gasteiger partial charge in [0.25, 0.3) is 0 Å². The molecule has 1 saturated carbocycles. The Labute approximate surface area is 169 Å². The molecule has 0 radical (unpaired) electrons. The zero-order valence-electron chi connectivity index (χ0n) is 16.4. The smallest absolute Gasteiger partial charge is 0.165 e. The lowest BCUT2D eigenvalue weighted by atomic mass is 9.87. The Morgan fingerprint density at radius 2 is 2.04 bits per heavy atom. The largest absolute Gasteiger partial charge is 0.357 e. The summed E-state index contributed by atoms with van der Waals surface area (Å²) in [6, 6.07) is 6.51. The summed E-state index contributed by atoms with van der Waals surface area (Å²) in [6.07, 6.45) is 12.5. The highest BCUT2D eigenvalue weighted by atomic mass is 32.1. The number of hydrogen-bond acceptors (Lipinski definition) is 4. The average Bonchev–Trinajstić information content (AvgIpc) is 3.42. The van der Waals surface area contributed by atoms with Crippen molar-refractivity contribution in [3.05, 3.63) is 53.4 Å². The predicted octanol–water partition coefficient (Wildman–Crippen LogP) is 5.90. The Balaban J connectivity index is 1.64. The quantitative estimate of drug-likeness (QED) is 0.471. The fourth-order valence-corrected chi connectivity index (χ4v) is 4.97. The Kier molecular flexibility index (Phi) is 4.43. The molecule has 5 rings (SSSR count). The fraction of sp³-hybridized carbons (Fsp3) is 0.364. The Hall–Kier alpha value is -2.60. The van der Waals surface area contributed by atoms with E-state index >= 15 is 0 Å². The Bertz CT molecular complexity index is 1110. The normalized spacial score (nSPS) is 15.4. The third kappa shape index (κ3) is 3.22. The molecule has 6 heteroatoms. The molecule has 1 aliphatic carbocycles. The first-order valence-corrected chi connectivity index (χ1v) is 10.9. The number of nitrogens with one attached hydrogen (secondary N) is 1. The van der Waals surface area contributed by atoms with Crippen molar-refractivity contribution in [2.45, 2.75) is 44.9 Å². The van der Waals surface area contributed by atoms with Gasteiger partial charge in [-0.05, 0) is 42.8 Å². The third-order valence-electron chi connectivity index (χ3n) is 5.64. The first-order valence-electron chi connectivity index (χ1n) is 10.0. The van der Waals surface area contributed by atoms with Crippen molar-refractivity contribution in [3.63, 3.8) is 0 Å². The molecule has 0 aliphatic heterocycles. The van der Waals surface area contributed by atoms with Crippen molar-refractivity contribution < 1.29 is 0 Å². The van der Waals surface area contributed by atoms with Gasteiger partial charge >= 0.3 is 0 Å². The van der Waals surface area contributed by atoms with Gasteiger partial charge in [0.15, 0.2) is 5.65 Å². The minimum absolute atomic E-state index is 0.544. The van der Waals surface area contributed by atoms with Gasteiger partial charge in [0.05, 0.1) is 11.2 Å². The molecule has 0 aromatic carbocycles. The van der Waals surface area contributed by atoms with Gasteiger partial charge in [0.2, 0.25) is 0 Å². The lowest BCUT2D eigenvalue weighted by molar-refractivity contribution is 0.437. The fourth-order valence-electron chi connectivity index (χ4n) is 4.17. The van der Waals surface area contributed by atoms with Crippen LogP contribution in [0.4, 0.5) is 10.8 Å². The van der Waals surface area contributed by atoms with Crippen LogP contribution in [0.1, 0.15) is 49.3 Å². The van der Waals surface area contributed by atoms with Gasteiger partial charge in [-0.25, -0.2) is 4.98 Å².